The van der Waals surface area contributed by atoms with Crippen LogP contribution in [0.3, 0.4) is 0 Å². The van der Waals surface area contributed by atoms with Gasteiger partial charge in [0.25, 0.3) is 0 Å². The van der Waals surface area contributed by atoms with E-state index in [4.69, 9.17) is 0 Å². The second-order valence-corrected chi connectivity index (χ2v) is 5.35. The van der Waals surface area contributed by atoms with Crippen molar-refractivity contribution in [3.8, 4) is 0 Å². The van der Waals surface area contributed by atoms with Crippen molar-refractivity contribution in [3.05, 3.63) is 17.5 Å². The van der Waals surface area contributed by atoms with Gasteiger partial charge in [0.05, 0.1) is 5.69 Å². The molecule has 4 heteroatoms. The van der Waals surface area contributed by atoms with Gasteiger partial charge in [-0.05, 0) is 52.3 Å². The average molecular weight is 250 g/mol. The maximum atomic E-state index is 4.47. The fourth-order valence-corrected chi connectivity index (χ4v) is 2.63. The molecular weight excluding hydrogens is 224 g/mol. The Labute approximate surface area is 110 Å². The van der Waals surface area contributed by atoms with Gasteiger partial charge in [0.2, 0.25) is 0 Å². The third kappa shape index (κ3) is 4.10. The van der Waals surface area contributed by atoms with Crippen LogP contribution in [0.25, 0.3) is 0 Å². The van der Waals surface area contributed by atoms with Crippen molar-refractivity contribution in [1.29, 1.82) is 0 Å². The van der Waals surface area contributed by atoms with Crippen LogP contribution in [0, 0.1) is 13.8 Å². The highest BCUT2D eigenvalue weighted by molar-refractivity contribution is 5.06. The fraction of sp³-hybridized carbons (Fsp3) is 0.786. The minimum Gasteiger partial charge on any atom is -0.315 e. The highest BCUT2D eigenvalue weighted by atomic mass is 15.3. The summed E-state index contributed by atoms with van der Waals surface area (Å²) in [5, 5.41) is 11.6. The Morgan fingerprint density at radius 1 is 1.44 bits per heavy atom. The summed E-state index contributed by atoms with van der Waals surface area (Å²) >= 11 is 0. The number of piperidine rings is 1. The van der Waals surface area contributed by atoms with E-state index in [1.165, 1.54) is 31.5 Å². The Morgan fingerprint density at radius 3 is 3.00 bits per heavy atom. The molecule has 2 heterocycles. The van der Waals surface area contributed by atoms with Crippen LogP contribution in [-0.2, 0) is 6.54 Å². The Morgan fingerprint density at radius 2 is 2.33 bits per heavy atom. The van der Waals surface area contributed by atoms with Gasteiger partial charge < -0.3 is 10.6 Å². The molecule has 0 aliphatic carbocycles. The Hall–Kier alpha value is -0.870. The zero-order chi connectivity index (χ0) is 12.8. The van der Waals surface area contributed by atoms with Crippen molar-refractivity contribution >= 4 is 0 Å². The lowest BCUT2D eigenvalue weighted by molar-refractivity contribution is 0.380. The molecule has 0 spiro atoms. The average Bonchev–Trinajstić information content (AvgIpc) is 2.69. The highest BCUT2D eigenvalue weighted by Crippen LogP contribution is 2.06. The molecule has 1 saturated heterocycles. The monoisotopic (exact) mass is 250 g/mol. The van der Waals surface area contributed by atoms with Gasteiger partial charge in [-0.25, -0.2) is 0 Å². The van der Waals surface area contributed by atoms with Gasteiger partial charge in [0, 0.05) is 24.8 Å². The molecule has 1 atom stereocenters. The number of nitrogens with one attached hydrogen (secondary N) is 2. The molecule has 0 amide bonds. The first-order valence-corrected chi connectivity index (χ1v) is 7.21. The van der Waals surface area contributed by atoms with Crippen LogP contribution in [-0.4, -0.2) is 35.5 Å². The molecule has 1 aromatic heterocycles. The van der Waals surface area contributed by atoms with Crippen molar-refractivity contribution in [2.24, 2.45) is 0 Å². The van der Waals surface area contributed by atoms with Crippen LogP contribution in [0.2, 0.25) is 0 Å². The van der Waals surface area contributed by atoms with E-state index in [1.807, 2.05) is 0 Å². The summed E-state index contributed by atoms with van der Waals surface area (Å²) in [7, 11) is 0. The zero-order valence-electron chi connectivity index (χ0n) is 11.7. The van der Waals surface area contributed by atoms with Crippen molar-refractivity contribution in [2.75, 3.05) is 19.6 Å². The minimum absolute atomic E-state index is 0.687. The van der Waals surface area contributed by atoms with E-state index in [-0.39, 0.29) is 0 Å². The molecule has 0 aromatic carbocycles. The second-order valence-electron chi connectivity index (χ2n) is 5.35. The Kier molecular flexibility index (Phi) is 5.20. The van der Waals surface area contributed by atoms with Gasteiger partial charge in [0.1, 0.15) is 0 Å². The Bertz CT molecular complexity index is 353. The smallest absolute Gasteiger partial charge is 0.0596 e. The van der Waals surface area contributed by atoms with E-state index in [0.29, 0.717) is 6.04 Å². The summed E-state index contributed by atoms with van der Waals surface area (Å²) in [6, 6.07) is 2.83. The summed E-state index contributed by atoms with van der Waals surface area (Å²) in [4.78, 5) is 0. The molecule has 0 radical (unpaired) electrons. The van der Waals surface area contributed by atoms with Gasteiger partial charge in [-0.1, -0.05) is 6.42 Å². The Balaban J connectivity index is 1.57. The molecule has 102 valence electrons. The topological polar surface area (TPSA) is 41.9 Å². The first-order chi connectivity index (χ1) is 8.75. The molecule has 1 unspecified atom stereocenters. The van der Waals surface area contributed by atoms with Crippen LogP contribution in [0.4, 0.5) is 0 Å². The summed E-state index contributed by atoms with van der Waals surface area (Å²) in [5.41, 5.74) is 2.38. The highest BCUT2D eigenvalue weighted by Gasteiger charge is 2.11. The number of nitrogens with zero attached hydrogens (tertiary/aromatic N) is 2. The van der Waals surface area contributed by atoms with E-state index in [9.17, 15) is 0 Å². The number of hydrogen-bond donors (Lipinski definition) is 2. The van der Waals surface area contributed by atoms with Gasteiger partial charge >= 0.3 is 0 Å². The van der Waals surface area contributed by atoms with Crippen molar-refractivity contribution < 1.29 is 0 Å². The minimum atomic E-state index is 0.687. The molecule has 2 N–H and O–H groups in total. The molecule has 0 saturated carbocycles. The SMILES string of the molecule is Cc1cc(C)n(CCCNCC2CCCCN2)n1. The fourth-order valence-electron chi connectivity index (χ4n) is 2.63. The van der Waals surface area contributed by atoms with Crippen LogP contribution < -0.4 is 10.6 Å². The lowest BCUT2D eigenvalue weighted by atomic mass is 10.1. The second kappa shape index (κ2) is 6.90. The lowest BCUT2D eigenvalue weighted by Crippen LogP contribution is -2.42. The quantitative estimate of drug-likeness (QED) is 0.754. The van der Waals surface area contributed by atoms with Crippen LogP contribution >= 0.6 is 0 Å². The number of rotatable bonds is 6. The first kappa shape index (κ1) is 13.6. The number of hydrogen-bond acceptors (Lipinski definition) is 3. The van der Waals surface area contributed by atoms with E-state index >= 15 is 0 Å². The largest absolute Gasteiger partial charge is 0.315 e. The lowest BCUT2D eigenvalue weighted by Gasteiger charge is -2.23. The van der Waals surface area contributed by atoms with E-state index in [2.05, 4.69) is 40.3 Å². The maximum absolute atomic E-state index is 4.47. The summed E-state index contributed by atoms with van der Waals surface area (Å²) in [6.45, 7) is 8.58. The predicted molar refractivity (Wildman–Crippen MR) is 74.8 cm³/mol. The van der Waals surface area contributed by atoms with Crippen molar-refractivity contribution in [1.82, 2.24) is 20.4 Å². The molecule has 1 aliphatic heterocycles. The van der Waals surface area contributed by atoms with Crippen LogP contribution in [0.15, 0.2) is 6.07 Å². The first-order valence-electron chi connectivity index (χ1n) is 7.21. The maximum Gasteiger partial charge on any atom is 0.0596 e. The normalized spacial score (nSPS) is 20.2. The van der Waals surface area contributed by atoms with Crippen LogP contribution in [0.1, 0.15) is 37.1 Å². The molecule has 18 heavy (non-hydrogen) atoms. The van der Waals surface area contributed by atoms with E-state index in [1.54, 1.807) is 0 Å². The molecule has 1 fully saturated rings. The standard InChI is InChI=1S/C14H26N4/c1-12-10-13(2)18(17-12)9-5-7-15-11-14-6-3-4-8-16-14/h10,14-16H,3-9,11H2,1-2H3. The molecular formula is C14H26N4. The predicted octanol–water partition coefficient (Wildman–Crippen LogP) is 1.62. The third-order valence-corrected chi connectivity index (χ3v) is 3.63. The summed E-state index contributed by atoms with van der Waals surface area (Å²) in [5.74, 6) is 0. The molecule has 2 rings (SSSR count). The van der Waals surface area contributed by atoms with Crippen molar-refractivity contribution in [2.45, 2.75) is 52.1 Å². The van der Waals surface area contributed by atoms with Gasteiger partial charge in [-0.3, -0.25) is 4.68 Å². The van der Waals surface area contributed by atoms with Crippen molar-refractivity contribution in [3.63, 3.8) is 0 Å². The zero-order valence-corrected chi connectivity index (χ0v) is 11.7. The van der Waals surface area contributed by atoms with Gasteiger partial charge in [-0.2, -0.15) is 5.10 Å². The third-order valence-electron chi connectivity index (χ3n) is 3.63. The molecule has 4 nitrogen and oxygen atoms in total. The van der Waals surface area contributed by atoms with Gasteiger partial charge in [0.15, 0.2) is 0 Å². The number of aryl methyl sites for hydroxylation is 3. The van der Waals surface area contributed by atoms with E-state index < -0.39 is 0 Å². The van der Waals surface area contributed by atoms with Gasteiger partial charge in [-0.15, -0.1) is 0 Å². The molecule has 1 aromatic rings. The molecule has 1 aliphatic rings. The number of aromatic nitrogens is 2. The molecule has 0 bridgehead atoms. The van der Waals surface area contributed by atoms with E-state index in [0.717, 1.165) is 31.7 Å². The summed E-state index contributed by atoms with van der Waals surface area (Å²) < 4.78 is 2.11. The summed E-state index contributed by atoms with van der Waals surface area (Å²) in [6.07, 6.45) is 5.19. The van der Waals surface area contributed by atoms with Crippen LogP contribution in [0.5, 0.6) is 0 Å².